The van der Waals surface area contributed by atoms with Gasteiger partial charge in [0.05, 0.1) is 12.4 Å². The monoisotopic (exact) mass is 448 g/mol. The molecule has 0 radical (unpaired) electrons. The Balaban J connectivity index is 1.56. The van der Waals surface area contributed by atoms with Gasteiger partial charge in [0, 0.05) is 41.3 Å². The molecule has 3 rings (SSSR count). The molecular formula is C23H24N6O4. The van der Waals surface area contributed by atoms with Crippen molar-refractivity contribution in [3.8, 4) is 11.8 Å². The molecule has 2 atom stereocenters. The summed E-state index contributed by atoms with van der Waals surface area (Å²) >= 11 is 0. The van der Waals surface area contributed by atoms with Crippen molar-refractivity contribution in [2.24, 2.45) is 5.73 Å². The fourth-order valence-electron chi connectivity index (χ4n) is 2.84. The average Bonchev–Trinajstić information content (AvgIpc) is 3.34. The largest absolute Gasteiger partial charge is 0.374 e. The average molecular weight is 448 g/mol. The third-order valence-corrected chi connectivity index (χ3v) is 4.64. The summed E-state index contributed by atoms with van der Waals surface area (Å²) in [5.74, 6) is 5.45. The van der Waals surface area contributed by atoms with Crippen LogP contribution in [0.2, 0.25) is 0 Å². The van der Waals surface area contributed by atoms with Crippen LogP contribution >= 0.6 is 0 Å². The molecule has 33 heavy (non-hydrogen) atoms. The number of amides is 2. The quantitative estimate of drug-likeness (QED) is 0.164. The summed E-state index contributed by atoms with van der Waals surface area (Å²) in [4.78, 5) is 28.2. The van der Waals surface area contributed by atoms with Crippen LogP contribution in [0.5, 0.6) is 0 Å². The number of nitrogens with two attached hydrogens (primary N) is 1. The maximum atomic E-state index is 12.3. The van der Waals surface area contributed by atoms with E-state index in [0.717, 1.165) is 5.56 Å². The van der Waals surface area contributed by atoms with E-state index in [1.165, 1.54) is 0 Å². The van der Waals surface area contributed by atoms with Crippen LogP contribution in [0.4, 0.5) is 5.69 Å². The molecule has 10 nitrogen and oxygen atoms in total. The van der Waals surface area contributed by atoms with Gasteiger partial charge in [-0.15, -0.1) is 0 Å². The second-order valence-corrected chi connectivity index (χ2v) is 7.08. The summed E-state index contributed by atoms with van der Waals surface area (Å²) in [5.41, 5.74) is 9.64. The van der Waals surface area contributed by atoms with E-state index < -0.39 is 18.2 Å². The van der Waals surface area contributed by atoms with Crippen LogP contribution in [0.1, 0.15) is 21.5 Å². The van der Waals surface area contributed by atoms with Crippen LogP contribution in [0.3, 0.4) is 0 Å². The molecule has 7 N–H and O–H groups in total. The Hall–Kier alpha value is -4.01. The SMILES string of the molecule is NC[C@H](NC(=O)c1ccc(C#Cc2ccc(NC(=O)Cn3ccnc3)cc2)cc1)C(O)NO. The zero-order valence-electron chi connectivity index (χ0n) is 17.6. The predicted octanol–water partition coefficient (Wildman–Crippen LogP) is 0.276. The molecule has 10 heteroatoms. The Morgan fingerprint density at radius 1 is 1.06 bits per heavy atom. The van der Waals surface area contributed by atoms with E-state index in [9.17, 15) is 14.7 Å². The van der Waals surface area contributed by atoms with E-state index in [0.29, 0.717) is 16.8 Å². The van der Waals surface area contributed by atoms with Crippen LogP contribution in [-0.4, -0.2) is 50.5 Å². The van der Waals surface area contributed by atoms with Crippen molar-refractivity contribution in [3.63, 3.8) is 0 Å². The summed E-state index contributed by atoms with van der Waals surface area (Å²) in [6.45, 7) is 0.123. The lowest BCUT2D eigenvalue weighted by molar-refractivity contribution is -0.116. The normalized spacial score (nSPS) is 12.2. The molecule has 170 valence electrons. The number of anilines is 1. The van der Waals surface area contributed by atoms with E-state index >= 15 is 0 Å². The smallest absolute Gasteiger partial charge is 0.251 e. The fraction of sp³-hybridized carbons (Fsp3) is 0.174. The van der Waals surface area contributed by atoms with Crippen molar-refractivity contribution in [2.75, 3.05) is 11.9 Å². The Kier molecular flexibility index (Phi) is 8.29. The first-order chi connectivity index (χ1) is 16.0. The van der Waals surface area contributed by atoms with Crippen molar-refractivity contribution in [2.45, 2.75) is 18.8 Å². The summed E-state index contributed by atoms with van der Waals surface area (Å²) in [6, 6.07) is 12.9. The topological polar surface area (TPSA) is 155 Å². The third kappa shape index (κ3) is 6.99. The Morgan fingerprint density at radius 2 is 1.70 bits per heavy atom. The maximum Gasteiger partial charge on any atom is 0.251 e. The van der Waals surface area contributed by atoms with E-state index in [1.54, 1.807) is 77.3 Å². The molecule has 1 unspecified atom stereocenters. The molecule has 0 aliphatic rings. The van der Waals surface area contributed by atoms with Gasteiger partial charge in [0.25, 0.3) is 5.91 Å². The number of imidazole rings is 1. The lowest BCUT2D eigenvalue weighted by atomic mass is 10.1. The molecule has 2 aromatic carbocycles. The number of nitrogens with one attached hydrogen (secondary N) is 3. The van der Waals surface area contributed by atoms with E-state index in [1.807, 2.05) is 0 Å². The van der Waals surface area contributed by atoms with Gasteiger partial charge in [-0.2, -0.15) is 5.48 Å². The minimum absolute atomic E-state index is 0.0584. The highest BCUT2D eigenvalue weighted by Crippen LogP contribution is 2.10. The zero-order chi connectivity index (χ0) is 23.6. The number of rotatable bonds is 8. The number of nitrogens with zero attached hydrogens (tertiary/aromatic N) is 2. The van der Waals surface area contributed by atoms with Crippen LogP contribution < -0.4 is 21.8 Å². The number of carbonyl (C=O) groups excluding carboxylic acids is 2. The lowest BCUT2D eigenvalue weighted by Gasteiger charge is -2.21. The zero-order valence-corrected chi connectivity index (χ0v) is 17.6. The van der Waals surface area contributed by atoms with Gasteiger partial charge < -0.3 is 31.2 Å². The van der Waals surface area contributed by atoms with Gasteiger partial charge in [0.1, 0.15) is 12.8 Å². The molecule has 1 heterocycles. The highest BCUT2D eigenvalue weighted by atomic mass is 16.5. The molecule has 0 fully saturated rings. The number of aliphatic hydroxyl groups excluding tert-OH is 1. The summed E-state index contributed by atoms with van der Waals surface area (Å²) in [7, 11) is 0. The van der Waals surface area contributed by atoms with Crippen LogP contribution in [0.15, 0.2) is 67.3 Å². The molecule has 0 bridgehead atoms. The molecule has 2 amide bonds. The van der Waals surface area contributed by atoms with Crippen LogP contribution in [-0.2, 0) is 11.3 Å². The van der Waals surface area contributed by atoms with Crippen LogP contribution in [0.25, 0.3) is 0 Å². The highest BCUT2D eigenvalue weighted by molar-refractivity contribution is 5.94. The van der Waals surface area contributed by atoms with Gasteiger partial charge in [-0.25, -0.2) is 4.98 Å². The molecular weight excluding hydrogens is 424 g/mol. The summed E-state index contributed by atoms with van der Waals surface area (Å²) in [6.07, 6.45) is 3.53. The number of benzene rings is 2. The number of hydrogen-bond donors (Lipinski definition) is 6. The van der Waals surface area contributed by atoms with Gasteiger partial charge in [-0.3, -0.25) is 9.59 Å². The lowest BCUT2D eigenvalue weighted by Crippen LogP contribution is -2.53. The summed E-state index contributed by atoms with van der Waals surface area (Å²) in [5, 5.41) is 23.7. The van der Waals surface area contributed by atoms with E-state index in [-0.39, 0.29) is 19.0 Å². The minimum atomic E-state index is -1.37. The molecule has 0 spiro atoms. The third-order valence-electron chi connectivity index (χ3n) is 4.64. The molecule has 1 aromatic heterocycles. The van der Waals surface area contributed by atoms with Gasteiger partial charge in [0.2, 0.25) is 5.91 Å². The van der Waals surface area contributed by atoms with Gasteiger partial charge in [-0.1, -0.05) is 11.8 Å². The highest BCUT2D eigenvalue weighted by Gasteiger charge is 2.19. The predicted molar refractivity (Wildman–Crippen MR) is 121 cm³/mol. The Labute approximate surface area is 190 Å². The minimum Gasteiger partial charge on any atom is -0.374 e. The van der Waals surface area contributed by atoms with Crippen molar-refractivity contribution in [3.05, 3.63) is 83.9 Å². The second-order valence-electron chi connectivity index (χ2n) is 7.08. The first-order valence-corrected chi connectivity index (χ1v) is 10.0. The van der Waals surface area contributed by atoms with Crippen LogP contribution in [0, 0.1) is 11.8 Å². The van der Waals surface area contributed by atoms with Gasteiger partial charge in [0.15, 0.2) is 0 Å². The number of carbonyl (C=O) groups is 2. The first-order valence-electron chi connectivity index (χ1n) is 10.0. The van der Waals surface area contributed by atoms with Gasteiger partial charge in [-0.05, 0) is 48.5 Å². The number of hydroxylamine groups is 1. The van der Waals surface area contributed by atoms with Crippen molar-refractivity contribution in [1.29, 1.82) is 0 Å². The standard InChI is InChI=1S/C23H24N6O4/c24-13-20(23(32)28-33)27-22(31)18-7-3-16(4-8-18)1-2-17-5-9-19(10-6-17)26-21(30)14-29-12-11-25-15-29/h3-12,15,20,23,28,32-33H,13-14,24H2,(H,26,30)(H,27,31)/t20-,23?/m0/s1. The number of aliphatic hydroxyl groups is 1. The van der Waals surface area contributed by atoms with Gasteiger partial charge >= 0.3 is 0 Å². The maximum absolute atomic E-state index is 12.3. The van der Waals surface area contributed by atoms with E-state index in [2.05, 4.69) is 27.5 Å². The Bertz CT molecular complexity index is 1120. The van der Waals surface area contributed by atoms with Crippen molar-refractivity contribution in [1.82, 2.24) is 20.3 Å². The molecule has 0 aliphatic heterocycles. The molecule has 0 aliphatic carbocycles. The van der Waals surface area contributed by atoms with E-state index in [4.69, 9.17) is 10.9 Å². The molecule has 3 aromatic rings. The Morgan fingerprint density at radius 3 is 2.24 bits per heavy atom. The summed E-state index contributed by atoms with van der Waals surface area (Å²) < 4.78 is 1.68. The molecule has 0 saturated carbocycles. The van der Waals surface area contributed by atoms with Crippen molar-refractivity contribution >= 4 is 17.5 Å². The second kappa shape index (κ2) is 11.6. The first kappa shape index (κ1) is 23.6. The molecule has 0 saturated heterocycles. The number of aromatic nitrogens is 2. The fourth-order valence-corrected chi connectivity index (χ4v) is 2.84. The number of hydrogen-bond acceptors (Lipinski definition) is 7. The van der Waals surface area contributed by atoms with Crippen molar-refractivity contribution < 1.29 is 19.9 Å².